The van der Waals surface area contributed by atoms with Gasteiger partial charge in [-0.1, -0.05) is 25.4 Å². The van der Waals surface area contributed by atoms with E-state index in [0.29, 0.717) is 23.3 Å². The standard InChI is InChI=1S/C15H22ClFN2O/c1-14(2)3-5-15(20,6-4-14)9-19-13-7-10(16)11(17)8-12(13)18/h7-8,19-20H,3-6,9,18H2,1-2H3. The fraction of sp³-hybridized carbons (Fsp3) is 0.600. The molecule has 5 heteroatoms. The van der Waals surface area contributed by atoms with Gasteiger partial charge in [-0.05, 0) is 37.2 Å². The molecular formula is C15H22ClFN2O. The van der Waals surface area contributed by atoms with E-state index < -0.39 is 11.4 Å². The van der Waals surface area contributed by atoms with Gasteiger partial charge in [-0.3, -0.25) is 0 Å². The first-order valence-corrected chi connectivity index (χ1v) is 7.29. The molecule has 0 aliphatic heterocycles. The first kappa shape index (κ1) is 15.4. The fourth-order valence-corrected chi connectivity index (χ4v) is 2.71. The second-order valence-electron chi connectivity index (χ2n) is 6.60. The highest BCUT2D eigenvalue weighted by Crippen LogP contribution is 2.40. The molecule has 4 N–H and O–H groups in total. The minimum Gasteiger partial charge on any atom is -0.397 e. The Morgan fingerprint density at radius 3 is 2.50 bits per heavy atom. The molecule has 0 aromatic heterocycles. The first-order chi connectivity index (χ1) is 9.21. The molecule has 20 heavy (non-hydrogen) atoms. The first-order valence-electron chi connectivity index (χ1n) is 6.92. The van der Waals surface area contributed by atoms with Crippen molar-refractivity contribution >= 4 is 23.0 Å². The van der Waals surface area contributed by atoms with Crippen LogP contribution < -0.4 is 11.1 Å². The van der Waals surface area contributed by atoms with Gasteiger partial charge in [0.15, 0.2) is 0 Å². The number of nitrogens with two attached hydrogens (primary N) is 1. The molecule has 0 heterocycles. The molecule has 0 saturated heterocycles. The van der Waals surface area contributed by atoms with E-state index in [0.717, 1.165) is 25.7 Å². The monoisotopic (exact) mass is 300 g/mol. The van der Waals surface area contributed by atoms with E-state index in [-0.39, 0.29) is 5.02 Å². The Morgan fingerprint density at radius 2 is 1.90 bits per heavy atom. The molecule has 112 valence electrons. The number of anilines is 2. The van der Waals surface area contributed by atoms with Crippen molar-refractivity contribution in [2.75, 3.05) is 17.6 Å². The van der Waals surface area contributed by atoms with Crippen LogP contribution in [0.3, 0.4) is 0 Å². The maximum absolute atomic E-state index is 13.2. The van der Waals surface area contributed by atoms with Crippen LogP contribution >= 0.6 is 11.6 Å². The Morgan fingerprint density at radius 1 is 1.30 bits per heavy atom. The third kappa shape index (κ3) is 3.55. The number of benzene rings is 1. The summed E-state index contributed by atoms with van der Waals surface area (Å²) in [5.41, 5.74) is 6.17. The van der Waals surface area contributed by atoms with Crippen LogP contribution in [0.15, 0.2) is 12.1 Å². The minimum absolute atomic E-state index is 0.0264. The molecule has 0 spiro atoms. The third-order valence-corrected chi connectivity index (χ3v) is 4.52. The van der Waals surface area contributed by atoms with Gasteiger partial charge in [-0.2, -0.15) is 0 Å². The van der Waals surface area contributed by atoms with Crippen LogP contribution in [0.2, 0.25) is 5.02 Å². The van der Waals surface area contributed by atoms with Crippen LogP contribution in [0.5, 0.6) is 0 Å². The molecule has 1 aliphatic rings. The Bertz CT molecular complexity index is 495. The van der Waals surface area contributed by atoms with Crippen molar-refractivity contribution < 1.29 is 9.50 Å². The Balaban J connectivity index is 2.00. The van der Waals surface area contributed by atoms with E-state index in [1.54, 1.807) is 0 Å². The summed E-state index contributed by atoms with van der Waals surface area (Å²) in [5.74, 6) is -0.534. The number of hydrogen-bond acceptors (Lipinski definition) is 3. The average Bonchev–Trinajstić information content (AvgIpc) is 2.37. The van der Waals surface area contributed by atoms with Crippen LogP contribution in [0.25, 0.3) is 0 Å². The molecule has 1 fully saturated rings. The number of halogens is 2. The molecule has 2 rings (SSSR count). The Kier molecular flexibility index (Phi) is 4.17. The van der Waals surface area contributed by atoms with Gasteiger partial charge in [-0.15, -0.1) is 0 Å². The van der Waals surface area contributed by atoms with Crippen LogP contribution in [0.1, 0.15) is 39.5 Å². The second kappa shape index (κ2) is 5.41. The highest BCUT2D eigenvalue weighted by molar-refractivity contribution is 6.31. The average molecular weight is 301 g/mol. The SMILES string of the molecule is CC1(C)CCC(O)(CNc2cc(Cl)c(F)cc2N)CC1. The van der Waals surface area contributed by atoms with Crippen molar-refractivity contribution in [3.63, 3.8) is 0 Å². The topological polar surface area (TPSA) is 58.3 Å². The van der Waals surface area contributed by atoms with Gasteiger partial charge in [0.25, 0.3) is 0 Å². The number of aliphatic hydroxyl groups is 1. The quantitative estimate of drug-likeness (QED) is 0.744. The molecule has 1 saturated carbocycles. The summed E-state index contributed by atoms with van der Waals surface area (Å²) in [6.45, 7) is 4.84. The smallest absolute Gasteiger partial charge is 0.143 e. The zero-order valence-corrected chi connectivity index (χ0v) is 12.7. The van der Waals surface area contributed by atoms with Gasteiger partial charge in [-0.25, -0.2) is 4.39 Å². The molecule has 0 radical (unpaired) electrons. The zero-order valence-electron chi connectivity index (χ0n) is 12.0. The molecule has 1 aliphatic carbocycles. The van der Waals surface area contributed by atoms with E-state index in [1.165, 1.54) is 12.1 Å². The van der Waals surface area contributed by atoms with E-state index in [2.05, 4.69) is 19.2 Å². The summed E-state index contributed by atoms with van der Waals surface area (Å²) < 4.78 is 13.2. The lowest BCUT2D eigenvalue weighted by Gasteiger charge is -2.40. The van der Waals surface area contributed by atoms with Crippen molar-refractivity contribution in [3.8, 4) is 0 Å². The van der Waals surface area contributed by atoms with E-state index in [4.69, 9.17) is 17.3 Å². The lowest BCUT2D eigenvalue weighted by atomic mass is 9.71. The predicted molar refractivity (Wildman–Crippen MR) is 81.5 cm³/mol. The summed E-state index contributed by atoms with van der Waals surface area (Å²) in [6.07, 6.45) is 3.49. The summed E-state index contributed by atoms with van der Waals surface area (Å²) in [7, 11) is 0. The van der Waals surface area contributed by atoms with E-state index in [9.17, 15) is 9.50 Å². The fourth-order valence-electron chi connectivity index (χ4n) is 2.54. The highest BCUT2D eigenvalue weighted by Gasteiger charge is 2.36. The lowest BCUT2D eigenvalue weighted by Crippen LogP contribution is -2.42. The van der Waals surface area contributed by atoms with Crippen LogP contribution in [0.4, 0.5) is 15.8 Å². The summed E-state index contributed by atoms with van der Waals surface area (Å²) >= 11 is 5.75. The lowest BCUT2D eigenvalue weighted by molar-refractivity contribution is -0.0145. The van der Waals surface area contributed by atoms with Crippen molar-refractivity contribution in [2.45, 2.75) is 45.1 Å². The Hall–Kier alpha value is -1.00. The molecule has 1 aromatic carbocycles. The number of hydrogen-bond donors (Lipinski definition) is 3. The van der Waals surface area contributed by atoms with E-state index >= 15 is 0 Å². The van der Waals surface area contributed by atoms with Gasteiger partial charge in [0, 0.05) is 12.6 Å². The molecular weight excluding hydrogens is 279 g/mol. The summed E-state index contributed by atoms with van der Waals surface area (Å²) in [4.78, 5) is 0. The predicted octanol–water partition coefficient (Wildman–Crippen LogP) is 3.80. The van der Waals surface area contributed by atoms with Crippen LogP contribution in [-0.4, -0.2) is 17.3 Å². The van der Waals surface area contributed by atoms with Crippen molar-refractivity contribution in [2.24, 2.45) is 5.41 Å². The maximum Gasteiger partial charge on any atom is 0.143 e. The highest BCUT2D eigenvalue weighted by atomic mass is 35.5. The van der Waals surface area contributed by atoms with Crippen molar-refractivity contribution in [3.05, 3.63) is 23.0 Å². The third-order valence-electron chi connectivity index (χ3n) is 4.23. The zero-order chi connectivity index (χ0) is 15.0. The van der Waals surface area contributed by atoms with Crippen molar-refractivity contribution in [1.82, 2.24) is 0 Å². The van der Waals surface area contributed by atoms with Gasteiger partial charge in [0.1, 0.15) is 5.82 Å². The maximum atomic E-state index is 13.2. The second-order valence-corrected chi connectivity index (χ2v) is 7.00. The molecule has 0 atom stereocenters. The van der Waals surface area contributed by atoms with Gasteiger partial charge < -0.3 is 16.2 Å². The number of rotatable bonds is 3. The summed E-state index contributed by atoms with van der Waals surface area (Å²) in [5, 5.41) is 13.7. The minimum atomic E-state index is -0.733. The normalized spacial score (nSPS) is 20.6. The van der Waals surface area contributed by atoms with Crippen molar-refractivity contribution in [1.29, 1.82) is 0 Å². The molecule has 0 amide bonds. The van der Waals surface area contributed by atoms with Gasteiger partial charge in [0.2, 0.25) is 0 Å². The molecule has 0 unspecified atom stereocenters. The largest absolute Gasteiger partial charge is 0.397 e. The Labute approximate surface area is 124 Å². The van der Waals surface area contributed by atoms with E-state index in [1.807, 2.05) is 0 Å². The van der Waals surface area contributed by atoms with Gasteiger partial charge in [0.05, 0.1) is 22.0 Å². The number of nitrogens with one attached hydrogen (secondary N) is 1. The summed E-state index contributed by atoms with van der Waals surface area (Å²) in [6, 6.07) is 2.65. The molecule has 3 nitrogen and oxygen atoms in total. The number of nitrogen functional groups attached to an aromatic ring is 1. The molecule has 0 bridgehead atoms. The molecule has 1 aromatic rings. The van der Waals surface area contributed by atoms with Gasteiger partial charge >= 0.3 is 0 Å². The van der Waals surface area contributed by atoms with Crippen LogP contribution in [0, 0.1) is 11.2 Å². The van der Waals surface area contributed by atoms with Crippen LogP contribution in [-0.2, 0) is 0 Å².